The van der Waals surface area contributed by atoms with Crippen LogP contribution in [0.2, 0.25) is 0 Å². The van der Waals surface area contributed by atoms with E-state index in [4.69, 9.17) is 4.74 Å². The van der Waals surface area contributed by atoms with E-state index in [1.807, 2.05) is 24.4 Å². The molecule has 3 heterocycles. The average molecular weight is 328 g/mol. The Morgan fingerprint density at radius 3 is 2.67 bits per heavy atom. The van der Waals surface area contributed by atoms with Crippen LogP contribution >= 0.6 is 24.8 Å². The van der Waals surface area contributed by atoms with Crippen molar-refractivity contribution in [3.8, 4) is 17.0 Å². The third kappa shape index (κ3) is 2.41. The molecule has 1 saturated heterocycles. The lowest BCUT2D eigenvalue weighted by atomic mass is 9.81. The van der Waals surface area contributed by atoms with E-state index >= 15 is 0 Å². The summed E-state index contributed by atoms with van der Waals surface area (Å²) >= 11 is 0. The molecule has 2 aliphatic heterocycles. The zero-order valence-electron chi connectivity index (χ0n) is 11.8. The first kappa shape index (κ1) is 16.1. The van der Waals surface area contributed by atoms with Gasteiger partial charge in [-0.2, -0.15) is 5.10 Å². The number of hydrogen-bond donors (Lipinski definition) is 1. The molecule has 6 heteroatoms. The molecule has 1 N–H and O–H groups in total. The number of aromatic amines is 1. The predicted octanol–water partition coefficient (Wildman–Crippen LogP) is 3.23. The number of rotatable bonds is 0. The molecule has 4 nitrogen and oxygen atoms in total. The van der Waals surface area contributed by atoms with Gasteiger partial charge < -0.3 is 9.64 Å². The van der Waals surface area contributed by atoms with Gasteiger partial charge in [-0.15, -0.1) is 24.8 Å². The maximum atomic E-state index is 6.41. The van der Waals surface area contributed by atoms with E-state index in [0.29, 0.717) is 0 Å². The molecular weight excluding hydrogens is 309 g/mol. The van der Waals surface area contributed by atoms with Crippen molar-refractivity contribution in [2.24, 2.45) is 0 Å². The Balaban J connectivity index is 0.000000807. The van der Waals surface area contributed by atoms with Crippen molar-refractivity contribution >= 4 is 24.8 Å². The molecule has 1 fully saturated rings. The van der Waals surface area contributed by atoms with Crippen molar-refractivity contribution in [3.05, 3.63) is 36.0 Å². The normalized spacial score (nSPS) is 18.7. The summed E-state index contributed by atoms with van der Waals surface area (Å²) < 4.78 is 6.41. The summed E-state index contributed by atoms with van der Waals surface area (Å²) in [4.78, 5) is 2.36. The molecule has 0 aliphatic carbocycles. The van der Waals surface area contributed by atoms with Gasteiger partial charge in [0.25, 0.3) is 0 Å². The molecule has 114 valence electrons. The molecule has 21 heavy (non-hydrogen) atoms. The monoisotopic (exact) mass is 327 g/mol. The minimum Gasteiger partial charge on any atom is -0.482 e. The number of hydrogen-bond acceptors (Lipinski definition) is 3. The van der Waals surface area contributed by atoms with Crippen LogP contribution in [0.5, 0.6) is 5.75 Å². The Kier molecular flexibility index (Phi) is 4.51. The van der Waals surface area contributed by atoms with Gasteiger partial charge in [-0.3, -0.25) is 5.10 Å². The van der Waals surface area contributed by atoms with Crippen LogP contribution in [0, 0.1) is 0 Å². The molecule has 0 unspecified atom stereocenters. The van der Waals surface area contributed by atoms with Crippen LogP contribution in [-0.2, 0) is 5.60 Å². The lowest BCUT2D eigenvalue weighted by Crippen LogP contribution is -2.45. The molecule has 1 aromatic carbocycles. The van der Waals surface area contributed by atoms with Gasteiger partial charge in [0.2, 0.25) is 0 Å². The Labute approximate surface area is 136 Å². The van der Waals surface area contributed by atoms with Crippen LogP contribution in [0.25, 0.3) is 11.3 Å². The molecule has 2 aromatic rings. The second kappa shape index (κ2) is 5.87. The fourth-order valence-electron chi connectivity index (χ4n) is 3.21. The molecule has 0 atom stereocenters. The van der Waals surface area contributed by atoms with E-state index in [1.165, 1.54) is 5.56 Å². The summed E-state index contributed by atoms with van der Waals surface area (Å²) in [6.07, 6.45) is 4.05. The largest absolute Gasteiger partial charge is 0.482 e. The Morgan fingerprint density at radius 1 is 1.19 bits per heavy atom. The number of H-pyrrole nitrogens is 1. The van der Waals surface area contributed by atoms with Crippen LogP contribution < -0.4 is 4.74 Å². The fraction of sp³-hybridized carbons (Fsp3) is 0.400. The van der Waals surface area contributed by atoms with Crippen LogP contribution in [-0.4, -0.2) is 35.2 Å². The second-order valence-corrected chi connectivity index (χ2v) is 5.54. The van der Waals surface area contributed by atoms with E-state index in [0.717, 1.165) is 42.9 Å². The van der Waals surface area contributed by atoms with E-state index in [2.05, 4.69) is 28.2 Å². The van der Waals surface area contributed by atoms with Gasteiger partial charge in [0.1, 0.15) is 17.0 Å². The quantitative estimate of drug-likeness (QED) is 0.807. The number of para-hydroxylation sites is 1. The number of aromatic nitrogens is 2. The summed E-state index contributed by atoms with van der Waals surface area (Å²) in [7, 11) is 2.17. The molecule has 2 aliphatic rings. The van der Waals surface area contributed by atoms with Crippen molar-refractivity contribution in [1.29, 1.82) is 0 Å². The van der Waals surface area contributed by atoms with Crippen molar-refractivity contribution in [3.63, 3.8) is 0 Å². The summed E-state index contributed by atoms with van der Waals surface area (Å²) in [5.74, 6) is 0.964. The van der Waals surface area contributed by atoms with E-state index < -0.39 is 0 Å². The summed E-state index contributed by atoms with van der Waals surface area (Å²) in [6.45, 7) is 2.12. The van der Waals surface area contributed by atoms with Crippen molar-refractivity contribution in [2.45, 2.75) is 18.4 Å². The minimum absolute atomic E-state index is 0. The highest BCUT2D eigenvalue weighted by Gasteiger charge is 2.44. The first-order valence-electron chi connectivity index (χ1n) is 6.80. The zero-order valence-corrected chi connectivity index (χ0v) is 13.5. The molecule has 1 spiro atoms. The first-order chi connectivity index (χ1) is 9.28. The average Bonchev–Trinajstić information content (AvgIpc) is 2.93. The lowest BCUT2D eigenvalue weighted by Gasteiger charge is -2.43. The topological polar surface area (TPSA) is 41.1 Å². The number of nitrogens with zero attached hydrogens (tertiary/aromatic N) is 2. The molecular formula is C15H19Cl2N3O. The second-order valence-electron chi connectivity index (χ2n) is 5.54. The number of fused-ring (bicyclic) bond motifs is 4. The van der Waals surface area contributed by atoms with Crippen molar-refractivity contribution < 1.29 is 4.74 Å². The standard InChI is InChI=1S/C15H17N3O.2ClH/c1-18-8-6-15(7-9-18)12-10-16-17-14(12)11-4-2-3-5-13(11)19-15;;/h2-5,10H,6-9H2,1H3,(H,16,17);2*1H. The van der Waals surface area contributed by atoms with Gasteiger partial charge in [0, 0.05) is 43.3 Å². The van der Waals surface area contributed by atoms with Crippen molar-refractivity contribution in [1.82, 2.24) is 15.1 Å². The van der Waals surface area contributed by atoms with Crippen LogP contribution in [0.4, 0.5) is 0 Å². The Hall–Kier alpha value is -1.23. The smallest absolute Gasteiger partial charge is 0.140 e. The van der Waals surface area contributed by atoms with Gasteiger partial charge in [-0.25, -0.2) is 0 Å². The number of halogens is 2. The van der Waals surface area contributed by atoms with Gasteiger partial charge in [-0.1, -0.05) is 12.1 Å². The summed E-state index contributed by atoms with van der Waals surface area (Å²) in [5.41, 5.74) is 3.19. The molecule has 0 saturated carbocycles. The fourth-order valence-corrected chi connectivity index (χ4v) is 3.21. The number of benzene rings is 1. The highest BCUT2D eigenvalue weighted by Crippen LogP contribution is 2.48. The predicted molar refractivity (Wildman–Crippen MR) is 87.6 cm³/mol. The van der Waals surface area contributed by atoms with E-state index in [1.54, 1.807) is 0 Å². The van der Waals surface area contributed by atoms with Gasteiger partial charge >= 0.3 is 0 Å². The highest BCUT2D eigenvalue weighted by molar-refractivity contribution is 5.85. The molecule has 0 bridgehead atoms. The summed E-state index contributed by atoms with van der Waals surface area (Å²) in [6, 6.07) is 8.19. The van der Waals surface area contributed by atoms with E-state index in [9.17, 15) is 0 Å². The maximum absolute atomic E-state index is 6.41. The third-order valence-electron chi connectivity index (χ3n) is 4.37. The number of piperidine rings is 1. The SMILES string of the molecule is CN1CCC2(CC1)Oc1ccccc1-c1n[nH]cc12.Cl.Cl. The van der Waals surface area contributed by atoms with Gasteiger partial charge in [-0.05, 0) is 19.2 Å². The van der Waals surface area contributed by atoms with Gasteiger partial charge in [0.15, 0.2) is 0 Å². The third-order valence-corrected chi connectivity index (χ3v) is 4.37. The van der Waals surface area contributed by atoms with Crippen molar-refractivity contribution in [2.75, 3.05) is 20.1 Å². The van der Waals surface area contributed by atoms with Gasteiger partial charge in [0.05, 0.1) is 0 Å². The number of nitrogens with one attached hydrogen (secondary N) is 1. The summed E-state index contributed by atoms with van der Waals surface area (Å²) in [5, 5.41) is 7.47. The lowest BCUT2D eigenvalue weighted by molar-refractivity contribution is 0.00176. The first-order valence-corrected chi connectivity index (χ1v) is 6.80. The van der Waals surface area contributed by atoms with E-state index in [-0.39, 0.29) is 30.4 Å². The number of ether oxygens (including phenoxy) is 1. The highest BCUT2D eigenvalue weighted by atomic mass is 35.5. The van der Waals surface area contributed by atoms with Crippen LogP contribution in [0.3, 0.4) is 0 Å². The molecule has 4 rings (SSSR count). The van der Waals surface area contributed by atoms with Crippen LogP contribution in [0.1, 0.15) is 18.4 Å². The molecule has 0 radical (unpaired) electrons. The molecule has 0 amide bonds. The Morgan fingerprint density at radius 2 is 1.90 bits per heavy atom. The number of likely N-dealkylation sites (tertiary alicyclic amines) is 1. The Bertz CT molecular complexity index is 621. The molecule has 1 aromatic heterocycles. The minimum atomic E-state index is -0.191. The zero-order chi connectivity index (χ0) is 12.9. The van der Waals surface area contributed by atoms with Crippen LogP contribution in [0.15, 0.2) is 30.5 Å². The maximum Gasteiger partial charge on any atom is 0.140 e.